The summed E-state index contributed by atoms with van der Waals surface area (Å²) >= 11 is 0. The van der Waals surface area contributed by atoms with Gasteiger partial charge in [-0.1, -0.05) is 0 Å². The molecule has 4 heterocycles. The van der Waals surface area contributed by atoms with Crippen LogP contribution in [-0.4, -0.2) is 25.7 Å². The van der Waals surface area contributed by atoms with Crippen molar-refractivity contribution in [3.05, 3.63) is 57.4 Å². The molecule has 0 bridgehead atoms. The number of aliphatic hydroxyl groups is 1. The minimum atomic E-state index is -1.45. The number of hydrogen-bond donors (Lipinski definition) is 2. The third-order valence-corrected chi connectivity index (χ3v) is 4.76. The van der Waals surface area contributed by atoms with Gasteiger partial charge in [0.1, 0.15) is 12.4 Å². The number of phenols is 1. The summed E-state index contributed by atoms with van der Waals surface area (Å²) in [7, 11) is 0. The van der Waals surface area contributed by atoms with Crippen LogP contribution in [0, 0.1) is 0 Å². The maximum Gasteiger partial charge on any atom is 0.340 e. The number of pyridine rings is 2. The normalized spacial score (nSPS) is 17.8. The van der Waals surface area contributed by atoms with Crippen molar-refractivity contribution in [2.45, 2.75) is 19.3 Å². The molecule has 2 aliphatic heterocycles. The molecule has 3 aromatic rings. The molecule has 0 unspecified atom stereocenters. The molecule has 0 amide bonds. The van der Waals surface area contributed by atoms with Crippen LogP contribution in [0.2, 0.25) is 0 Å². The smallest absolute Gasteiger partial charge is 0.340 e. The predicted molar refractivity (Wildman–Crippen MR) is 87.0 cm³/mol. The van der Waals surface area contributed by atoms with Crippen LogP contribution in [0.3, 0.4) is 0 Å². The monoisotopic (exact) mass is 336 g/mol. The van der Waals surface area contributed by atoms with Gasteiger partial charge >= 0.3 is 5.97 Å². The van der Waals surface area contributed by atoms with Crippen LogP contribution in [0.5, 0.6) is 5.75 Å². The van der Waals surface area contributed by atoms with E-state index in [-0.39, 0.29) is 23.5 Å². The SMILES string of the molecule is O=C1OCc2c(cc3n(c2=O)Cc2cc4cc(O)ccc4nc2-3)[C@@H]1O. The minimum absolute atomic E-state index is 0.135. The van der Waals surface area contributed by atoms with E-state index in [0.29, 0.717) is 29.0 Å². The van der Waals surface area contributed by atoms with E-state index in [9.17, 15) is 19.8 Å². The maximum absolute atomic E-state index is 12.8. The molecule has 25 heavy (non-hydrogen) atoms. The molecule has 1 aromatic carbocycles. The topological polar surface area (TPSA) is 102 Å². The molecule has 0 radical (unpaired) electrons. The highest BCUT2D eigenvalue weighted by Crippen LogP contribution is 2.35. The van der Waals surface area contributed by atoms with Crippen LogP contribution in [0.4, 0.5) is 0 Å². The summed E-state index contributed by atoms with van der Waals surface area (Å²) in [5, 5.41) is 20.5. The van der Waals surface area contributed by atoms with Gasteiger partial charge in [0.25, 0.3) is 5.56 Å². The van der Waals surface area contributed by atoms with Crippen LogP contribution in [0.1, 0.15) is 22.8 Å². The van der Waals surface area contributed by atoms with Crippen molar-refractivity contribution in [3.63, 3.8) is 0 Å². The predicted octanol–water partition coefficient (Wildman–Crippen LogP) is 1.22. The van der Waals surface area contributed by atoms with Crippen molar-refractivity contribution in [1.29, 1.82) is 0 Å². The number of aliphatic hydroxyl groups excluding tert-OH is 1. The second kappa shape index (κ2) is 4.67. The van der Waals surface area contributed by atoms with Gasteiger partial charge in [-0.25, -0.2) is 9.78 Å². The number of esters is 1. The van der Waals surface area contributed by atoms with Gasteiger partial charge in [0.05, 0.1) is 29.0 Å². The second-order valence-electron chi connectivity index (χ2n) is 6.24. The number of rotatable bonds is 0. The standard InChI is InChI=1S/C18H12N2O5/c21-10-1-2-13-8(4-10)3-9-6-20-14(15(9)19-13)5-11-12(17(20)23)7-25-18(24)16(11)22/h1-5,16,21-22H,6-7H2/t16-/m0/s1. The van der Waals surface area contributed by atoms with E-state index in [0.717, 1.165) is 10.9 Å². The van der Waals surface area contributed by atoms with Crippen molar-refractivity contribution >= 4 is 16.9 Å². The van der Waals surface area contributed by atoms with Crippen molar-refractivity contribution in [2.24, 2.45) is 0 Å². The Morgan fingerprint density at radius 2 is 2.04 bits per heavy atom. The molecule has 0 fully saturated rings. The lowest BCUT2D eigenvalue weighted by molar-refractivity contribution is -0.157. The average molecular weight is 336 g/mol. The Hall–Kier alpha value is -3.19. The molecule has 7 heteroatoms. The third kappa shape index (κ3) is 1.87. The lowest BCUT2D eigenvalue weighted by Crippen LogP contribution is -2.32. The summed E-state index contributed by atoms with van der Waals surface area (Å²) in [6.07, 6.45) is -1.45. The quantitative estimate of drug-likeness (QED) is 0.468. The summed E-state index contributed by atoms with van der Waals surface area (Å²) in [5.41, 5.74) is 3.05. The number of benzene rings is 1. The Labute approximate surface area is 140 Å². The number of ether oxygens (including phenoxy) is 1. The fourth-order valence-electron chi connectivity index (χ4n) is 3.52. The first kappa shape index (κ1) is 14.2. The van der Waals surface area contributed by atoms with Crippen molar-refractivity contribution in [1.82, 2.24) is 9.55 Å². The van der Waals surface area contributed by atoms with E-state index in [1.165, 1.54) is 0 Å². The van der Waals surface area contributed by atoms with E-state index in [2.05, 4.69) is 4.98 Å². The number of cyclic esters (lactones) is 1. The summed E-state index contributed by atoms with van der Waals surface area (Å²) in [6.45, 7) is 0.212. The van der Waals surface area contributed by atoms with Gasteiger partial charge in [-0.15, -0.1) is 0 Å². The first-order chi connectivity index (χ1) is 12.0. The fourth-order valence-corrected chi connectivity index (χ4v) is 3.52. The number of phenolic OH excluding ortho intramolecular Hbond substituents is 1. The largest absolute Gasteiger partial charge is 0.508 e. The lowest BCUT2D eigenvalue weighted by atomic mass is 10.0. The van der Waals surface area contributed by atoms with Crippen molar-refractivity contribution in [3.8, 4) is 17.1 Å². The second-order valence-corrected chi connectivity index (χ2v) is 6.24. The molecule has 124 valence electrons. The van der Waals surface area contributed by atoms with Crippen LogP contribution in [0.25, 0.3) is 22.3 Å². The molecule has 2 aliphatic rings. The number of aromatic nitrogens is 2. The van der Waals surface area contributed by atoms with Crippen LogP contribution < -0.4 is 5.56 Å². The van der Waals surface area contributed by atoms with Gasteiger partial charge < -0.3 is 19.5 Å². The minimum Gasteiger partial charge on any atom is -0.508 e. The van der Waals surface area contributed by atoms with E-state index in [1.807, 2.05) is 6.07 Å². The fraction of sp³-hybridized carbons (Fsp3) is 0.167. The van der Waals surface area contributed by atoms with Gasteiger partial charge in [0, 0.05) is 16.5 Å². The van der Waals surface area contributed by atoms with E-state index in [4.69, 9.17) is 4.74 Å². The van der Waals surface area contributed by atoms with E-state index < -0.39 is 12.1 Å². The molecule has 0 saturated heterocycles. The van der Waals surface area contributed by atoms with Gasteiger partial charge in [0.2, 0.25) is 0 Å². The van der Waals surface area contributed by atoms with Gasteiger partial charge in [-0.05, 0) is 30.3 Å². The first-order valence-electron chi connectivity index (χ1n) is 7.77. The molecule has 7 nitrogen and oxygen atoms in total. The molecule has 2 aromatic heterocycles. The third-order valence-electron chi connectivity index (χ3n) is 4.76. The molecular weight excluding hydrogens is 324 g/mol. The number of nitrogens with zero attached hydrogens (tertiary/aromatic N) is 2. The lowest BCUT2D eigenvalue weighted by Gasteiger charge is -2.21. The highest BCUT2D eigenvalue weighted by molar-refractivity contribution is 5.85. The Kier molecular flexibility index (Phi) is 2.65. The molecule has 2 N–H and O–H groups in total. The Bertz CT molecular complexity index is 1150. The Balaban J connectivity index is 1.78. The van der Waals surface area contributed by atoms with E-state index >= 15 is 0 Å². The Morgan fingerprint density at radius 1 is 1.20 bits per heavy atom. The molecule has 0 spiro atoms. The zero-order valence-electron chi connectivity index (χ0n) is 12.9. The van der Waals surface area contributed by atoms with Gasteiger partial charge in [-0.2, -0.15) is 0 Å². The summed E-state index contributed by atoms with van der Waals surface area (Å²) in [6, 6.07) is 8.41. The molecule has 0 aliphatic carbocycles. The molecule has 5 rings (SSSR count). The van der Waals surface area contributed by atoms with Gasteiger partial charge in [-0.3, -0.25) is 4.79 Å². The molecule has 1 atom stereocenters. The first-order valence-corrected chi connectivity index (χ1v) is 7.77. The highest BCUT2D eigenvalue weighted by atomic mass is 16.5. The summed E-state index contributed by atoms with van der Waals surface area (Å²) < 4.78 is 6.44. The summed E-state index contributed by atoms with van der Waals surface area (Å²) in [4.78, 5) is 29.0. The maximum atomic E-state index is 12.8. The van der Waals surface area contributed by atoms with Crippen molar-refractivity contribution < 1.29 is 19.7 Å². The number of carbonyl (C=O) groups is 1. The number of fused-ring (bicyclic) bond motifs is 5. The van der Waals surface area contributed by atoms with Crippen LogP contribution >= 0.6 is 0 Å². The zero-order chi connectivity index (χ0) is 17.3. The number of carbonyl (C=O) groups excluding carboxylic acids is 1. The van der Waals surface area contributed by atoms with Crippen LogP contribution in [-0.2, 0) is 22.7 Å². The van der Waals surface area contributed by atoms with E-state index in [1.54, 1.807) is 28.8 Å². The summed E-state index contributed by atoms with van der Waals surface area (Å²) in [5.74, 6) is -0.604. The molecular formula is C18H12N2O5. The van der Waals surface area contributed by atoms with Crippen molar-refractivity contribution in [2.75, 3.05) is 0 Å². The highest BCUT2D eigenvalue weighted by Gasteiger charge is 2.33. The van der Waals surface area contributed by atoms with Gasteiger partial charge in [0.15, 0.2) is 6.10 Å². The van der Waals surface area contributed by atoms with Crippen LogP contribution in [0.15, 0.2) is 35.1 Å². The Morgan fingerprint density at radius 3 is 2.88 bits per heavy atom. The molecule has 0 saturated carbocycles. The average Bonchev–Trinajstić information content (AvgIpc) is 2.95. The number of aromatic hydroxyl groups is 1. The zero-order valence-corrected chi connectivity index (χ0v) is 12.9. The number of hydrogen-bond acceptors (Lipinski definition) is 6.